The van der Waals surface area contributed by atoms with E-state index in [4.69, 9.17) is 30.6 Å². The van der Waals surface area contributed by atoms with Gasteiger partial charge in [-0.15, -0.1) is 0 Å². The van der Waals surface area contributed by atoms with Crippen molar-refractivity contribution in [2.24, 2.45) is 0 Å². The third-order valence-electron chi connectivity index (χ3n) is 5.59. The summed E-state index contributed by atoms with van der Waals surface area (Å²) in [6.07, 6.45) is -4.06. The van der Waals surface area contributed by atoms with E-state index >= 15 is 0 Å². The van der Waals surface area contributed by atoms with Crippen molar-refractivity contribution in [3.05, 3.63) is 59.1 Å². The molecule has 3 heterocycles. The molecule has 1 aliphatic rings. The highest BCUT2D eigenvalue weighted by molar-refractivity contribution is 7.70. The number of aromatic nitrogens is 3. The van der Waals surface area contributed by atoms with Gasteiger partial charge >= 0.3 is 15.2 Å². The summed E-state index contributed by atoms with van der Waals surface area (Å²) in [4.78, 5) is 31.8. The van der Waals surface area contributed by atoms with Gasteiger partial charge in [0, 0.05) is 12.1 Å². The molecule has 0 bridgehead atoms. The first kappa shape index (κ1) is 27.2. The lowest BCUT2D eigenvalue weighted by Gasteiger charge is -2.18. The zero-order chi connectivity index (χ0) is 26.3. The first-order valence-corrected chi connectivity index (χ1v) is 14.7. The van der Waals surface area contributed by atoms with Gasteiger partial charge in [0.1, 0.15) is 29.9 Å². The SMILES string of the molecule is C[C@H](Nc1cc(Cl)nn2c([C@@H]3O[C@H](COP(=O)(O)CP(=O)(O)O)[C@@H](O)[C@H]3O)ncc12)c1ccccc1. The molecule has 6 atom stereocenters. The molecule has 2 aromatic heterocycles. The van der Waals surface area contributed by atoms with E-state index < -0.39 is 52.1 Å². The number of fused-ring (bicyclic) bond motifs is 1. The van der Waals surface area contributed by atoms with Gasteiger partial charge in [-0.25, -0.2) is 9.50 Å². The second kappa shape index (κ2) is 10.5. The molecule has 0 aliphatic carbocycles. The molecule has 16 heteroatoms. The first-order valence-electron chi connectivity index (χ1n) is 10.7. The third-order valence-corrected chi connectivity index (χ3v) is 9.23. The molecule has 6 N–H and O–H groups in total. The van der Waals surface area contributed by atoms with Crippen molar-refractivity contribution in [3.63, 3.8) is 0 Å². The molecule has 1 aromatic carbocycles. The number of hydrogen-bond donors (Lipinski definition) is 6. The summed E-state index contributed by atoms with van der Waals surface area (Å²) >= 11 is 6.24. The number of nitrogens with zero attached hydrogens (tertiary/aromatic N) is 3. The third kappa shape index (κ3) is 6.15. The summed E-state index contributed by atoms with van der Waals surface area (Å²) in [6.45, 7) is 1.26. The Morgan fingerprint density at radius 3 is 2.56 bits per heavy atom. The molecule has 4 rings (SSSR count). The number of hydrogen-bond acceptors (Lipinski definition) is 9. The maximum absolute atomic E-state index is 11.9. The Hall–Kier alpha value is -1.89. The molecule has 36 heavy (non-hydrogen) atoms. The number of halogens is 1. The molecule has 1 fully saturated rings. The van der Waals surface area contributed by atoms with E-state index in [-0.39, 0.29) is 17.0 Å². The van der Waals surface area contributed by atoms with Gasteiger partial charge in [0.25, 0.3) is 0 Å². The second-order valence-corrected chi connectivity index (χ2v) is 12.8. The Balaban J connectivity index is 1.55. The molecule has 1 saturated heterocycles. The molecular weight excluding hydrogens is 538 g/mol. The lowest BCUT2D eigenvalue weighted by Crippen LogP contribution is -2.33. The van der Waals surface area contributed by atoms with Crippen molar-refractivity contribution in [1.29, 1.82) is 0 Å². The number of rotatable bonds is 9. The van der Waals surface area contributed by atoms with E-state index in [1.165, 1.54) is 10.7 Å². The van der Waals surface area contributed by atoms with Crippen LogP contribution in [0, 0.1) is 0 Å². The first-order chi connectivity index (χ1) is 16.8. The molecule has 0 saturated carbocycles. The Morgan fingerprint density at radius 1 is 1.19 bits per heavy atom. The van der Waals surface area contributed by atoms with Crippen molar-refractivity contribution in [1.82, 2.24) is 14.6 Å². The fraction of sp³-hybridized carbons (Fsp3) is 0.400. The predicted molar refractivity (Wildman–Crippen MR) is 129 cm³/mol. The maximum atomic E-state index is 11.9. The van der Waals surface area contributed by atoms with Crippen LogP contribution in [0.4, 0.5) is 5.69 Å². The minimum Gasteiger partial charge on any atom is -0.387 e. The average Bonchev–Trinajstić information content (AvgIpc) is 3.32. The molecule has 0 spiro atoms. The van der Waals surface area contributed by atoms with E-state index in [9.17, 15) is 24.2 Å². The Morgan fingerprint density at radius 2 is 1.89 bits per heavy atom. The van der Waals surface area contributed by atoms with E-state index in [1.807, 2.05) is 37.3 Å². The van der Waals surface area contributed by atoms with Crippen LogP contribution in [0.3, 0.4) is 0 Å². The van der Waals surface area contributed by atoms with Gasteiger partial charge in [-0.3, -0.25) is 9.13 Å². The highest BCUT2D eigenvalue weighted by atomic mass is 35.5. The number of aliphatic hydroxyl groups is 2. The topological polar surface area (TPSA) is 196 Å². The van der Waals surface area contributed by atoms with Gasteiger partial charge in [-0.2, -0.15) is 5.10 Å². The minimum atomic E-state index is -4.83. The van der Waals surface area contributed by atoms with Crippen molar-refractivity contribution in [3.8, 4) is 0 Å². The van der Waals surface area contributed by atoms with Crippen LogP contribution in [-0.2, 0) is 18.4 Å². The maximum Gasteiger partial charge on any atom is 0.340 e. The number of benzene rings is 1. The van der Waals surface area contributed by atoms with E-state index in [2.05, 4.69) is 15.4 Å². The molecule has 0 radical (unpaired) electrons. The van der Waals surface area contributed by atoms with Crippen LogP contribution in [0.1, 0.15) is 30.5 Å². The van der Waals surface area contributed by atoms with Crippen LogP contribution in [0.25, 0.3) is 5.52 Å². The van der Waals surface area contributed by atoms with E-state index in [0.717, 1.165) is 5.56 Å². The van der Waals surface area contributed by atoms with E-state index in [1.54, 1.807) is 6.07 Å². The van der Waals surface area contributed by atoms with Crippen molar-refractivity contribution >= 4 is 38.0 Å². The van der Waals surface area contributed by atoms with Gasteiger partial charge in [0.05, 0.1) is 18.5 Å². The van der Waals surface area contributed by atoms with Crippen LogP contribution >= 0.6 is 26.8 Å². The number of nitrogens with one attached hydrogen (secondary N) is 1. The van der Waals surface area contributed by atoms with Gasteiger partial charge in [-0.1, -0.05) is 41.9 Å². The standard InChI is InChI=1S/C20H25ClN4O9P2/c1-11(12-5-3-2-4-6-12)23-13-7-16(21)24-25-14(13)8-22-20(25)19-18(27)17(26)15(34-19)9-33-36(31,32)10-35(28,29)30/h2-8,11,15,17-19,23,26-27H,9-10H2,1H3,(H,31,32)(H2,28,29,30)/t11-,15+,17+,18+,19+/m0/s1. The smallest absolute Gasteiger partial charge is 0.340 e. The fourth-order valence-electron chi connectivity index (χ4n) is 3.90. The molecular formula is C20H25ClN4O9P2. The summed E-state index contributed by atoms with van der Waals surface area (Å²) in [5, 5.41) is 28.7. The molecule has 3 aromatic rings. The molecule has 0 amide bonds. The number of aliphatic hydroxyl groups excluding tert-OH is 2. The summed E-state index contributed by atoms with van der Waals surface area (Å²) in [5.74, 6) is -1.28. The monoisotopic (exact) mass is 562 g/mol. The van der Waals surface area contributed by atoms with Crippen LogP contribution in [0.2, 0.25) is 5.15 Å². The second-order valence-electron chi connectivity index (χ2n) is 8.39. The van der Waals surface area contributed by atoms with Crippen LogP contribution in [0.5, 0.6) is 0 Å². The highest BCUT2D eigenvalue weighted by Gasteiger charge is 2.46. The zero-order valence-electron chi connectivity index (χ0n) is 18.8. The Bertz CT molecular complexity index is 1320. The predicted octanol–water partition coefficient (Wildman–Crippen LogP) is 2.05. The summed E-state index contributed by atoms with van der Waals surface area (Å²) in [6, 6.07) is 11.2. The van der Waals surface area contributed by atoms with Crippen LogP contribution < -0.4 is 5.32 Å². The zero-order valence-corrected chi connectivity index (χ0v) is 21.4. The largest absolute Gasteiger partial charge is 0.387 e. The summed E-state index contributed by atoms with van der Waals surface area (Å²) in [7, 11) is -9.50. The normalized spacial score (nSPS) is 25.1. The number of imidazole rings is 1. The lowest BCUT2D eigenvalue weighted by molar-refractivity contribution is -0.0217. The van der Waals surface area contributed by atoms with Crippen molar-refractivity contribution in [2.75, 3.05) is 17.8 Å². The lowest BCUT2D eigenvalue weighted by atomic mass is 10.1. The molecule has 1 aliphatic heterocycles. The molecule has 1 unspecified atom stereocenters. The molecule has 13 nitrogen and oxygen atoms in total. The fourth-order valence-corrected chi connectivity index (χ4v) is 6.65. The van der Waals surface area contributed by atoms with Crippen LogP contribution in [-0.4, -0.2) is 70.3 Å². The summed E-state index contributed by atoms with van der Waals surface area (Å²) < 4.78 is 34.7. The van der Waals surface area contributed by atoms with Crippen LogP contribution in [0.15, 0.2) is 42.6 Å². The Labute approximate surface area is 210 Å². The van der Waals surface area contributed by atoms with Gasteiger partial charge < -0.3 is 39.5 Å². The van der Waals surface area contributed by atoms with E-state index in [0.29, 0.717) is 11.2 Å². The molecule has 196 valence electrons. The highest BCUT2D eigenvalue weighted by Crippen LogP contribution is 2.55. The quantitative estimate of drug-likeness (QED) is 0.208. The van der Waals surface area contributed by atoms with Crippen molar-refractivity contribution < 1.29 is 43.3 Å². The number of anilines is 1. The minimum absolute atomic E-state index is 0.0918. The average molecular weight is 563 g/mol. The summed E-state index contributed by atoms with van der Waals surface area (Å²) in [5.41, 5.74) is 2.16. The number of ether oxygens (including phenoxy) is 1. The van der Waals surface area contributed by atoms with Crippen molar-refractivity contribution in [2.45, 2.75) is 37.4 Å². The van der Waals surface area contributed by atoms with Gasteiger partial charge in [0.15, 0.2) is 16.9 Å². The van der Waals surface area contributed by atoms with Gasteiger partial charge in [0.2, 0.25) is 0 Å². The van der Waals surface area contributed by atoms with Gasteiger partial charge in [-0.05, 0) is 12.5 Å². The Kier molecular flexibility index (Phi) is 7.89.